The largest absolute Gasteiger partial charge is 0.490 e. The topological polar surface area (TPSA) is 225 Å². The summed E-state index contributed by atoms with van der Waals surface area (Å²) in [4.78, 5) is 45.3. The molecule has 0 amide bonds. The Kier molecular flexibility index (Phi) is 19.8. The van der Waals surface area contributed by atoms with Gasteiger partial charge in [0.25, 0.3) is 11.1 Å². The first kappa shape index (κ1) is 53.6. The summed E-state index contributed by atoms with van der Waals surface area (Å²) in [5.41, 5.74) is 7.00. The van der Waals surface area contributed by atoms with E-state index in [0.29, 0.717) is 58.9 Å². The third-order valence-corrected chi connectivity index (χ3v) is 11.0. The van der Waals surface area contributed by atoms with Gasteiger partial charge in [-0.2, -0.15) is 20.7 Å². The number of aromatic nitrogens is 8. The molecule has 2 unspecified atom stereocenters. The van der Waals surface area contributed by atoms with Crippen LogP contribution in [0.1, 0.15) is 61.1 Å². The fourth-order valence-corrected chi connectivity index (χ4v) is 7.10. The van der Waals surface area contributed by atoms with Crippen molar-refractivity contribution in [2.45, 2.75) is 38.8 Å². The number of ether oxygens (including phenoxy) is 2. The van der Waals surface area contributed by atoms with Gasteiger partial charge in [-0.1, -0.05) is 60.7 Å². The standard InChI is InChI=1S/C28H28N6O2.C17H23N3O2.C11H7N3O/c1-20(34-27(35)12-11-26(32-34)23-9-4-7-21(15-23)17-29)22-8-5-10-24(16-22)28-30-18-25(19-31-28)36-14-6-13-33(2)3;1-13(21)14-6-4-7-15(10-14)17-18-11-16(12-19-17)22-9-5-8-20(2)3;12-7-8-2-1-3-9(6-8)10-4-5-11(15)14-13-10/h4-5,7-12,15-16,18-20H,6,13-14H2,1-3H3;4,6-7,10-13,21H,5,8-9H2,1-3H3;1-6H,(H,14,15). The number of rotatable bonds is 17. The molecule has 0 fully saturated rings. The zero-order valence-corrected chi connectivity index (χ0v) is 41.8. The van der Waals surface area contributed by atoms with Crippen LogP contribution in [-0.2, 0) is 0 Å². The van der Waals surface area contributed by atoms with Crippen molar-refractivity contribution in [1.29, 1.82) is 10.5 Å². The Balaban J connectivity index is 0.000000198. The van der Waals surface area contributed by atoms with Crippen molar-refractivity contribution in [2.24, 2.45) is 0 Å². The number of H-pyrrole nitrogens is 1. The minimum atomic E-state index is -0.501. The van der Waals surface area contributed by atoms with Crippen molar-refractivity contribution in [3.63, 3.8) is 0 Å². The second-order valence-corrected chi connectivity index (χ2v) is 17.3. The number of hydrogen-bond donors (Lipinski definition) is 2. The van der Waals surface area contributed by atoms with E-state index in [0.717, 1.165) is 59.3 Å². The van der Waals surface area contributed by atoms with Crippen LogP contribution in [0.3, 0.4) is 0 Å². The number of aromatic amines is 1. The molecule has 73 heavy (non-hydrogen) atoms. The Labute approximate surface area is 424 Å². The Bertz CT molecular complexity index is 3210. The summed E-state index contributed by atoms with van der Waals surface area (Å²) in [5, 5.41) is 38.4. The number of nitrogens with one attached hydrogen (secondary N) is 1. The minimum Gasteiger partial charge on any atom is -0.490 e. The molecule has 0 saturated heterocycles. The van der Waals surface area contributed by atoms with Crippen molar-refractivity contribution < 1.29 is 14.6 Å². The van der Waals surface area contributed by atoms with E-state index >= 15 is 0 Å². The second-order valence-electron chi connectivity index (χ2n) is 17.3. The van der Waals surface area contributed by atoms with E-state index in [4.69, 9.17) is 14.7 Å². The molecule has 0 bridgehead atoms. The normalized spacial score (nSPS) is 11.5. The first-order valence-electron chi connectivity index (χ1n) is 23.5. The SMILES string of the molecule is CC(O)c1cccc(-c2ncc(OCCCN(C)C)cn2)c1.CC(c1cccc(-c2ncc(OCCCN(C)C)cn2)c1)n1nc(-c2cccc(C#N)c2)ccc1=O.N#Cc1cccc(-c2ccc(=O)[nH]n2)c1. The van der Waals surface area contributed by atoms with Gasteiger partial charge in [-0.05, 0) is 115 Å². The Hall–Kier alpha value is -8.74. The van der Waals surface area contributed by atoms with Crippen LogP contribution in [0.5, 0.6) is 11.5 Å². The summed E-state index contributed by atoms with van der Waals surface area (Å²) in [6.45, 7) is 6.87. The molecule has 4 heterocycles. The summed E-state index contributed by atoms with van der Waals surface area (Å²) < 4.78 is 12.8. The molecule has 0 aliphatic rings. The summed E-state index contributed by atoms with van der Waals surface area (Å²) in [6.07, 6.45) is 8.12. The molecule has 2 atom stereocenters. The van der Waals surface area contributed by atoms with Gasteiger partial charge in [0.1, 0.15) is 0 Å². The predicted octanol–water partition coefficient (Wildman–Crippen LogP) is 8.01. The highest BCUT2D eigenvalue weighted by molar-refractivity contribution is 5.62. The van der Waals surface area contributed by atoms with E-state index in [1.807, 2.05) is 102 Å². The van der Waals surface area contributed by atoms with Crippen LogP contribution in [0.2, 0.25) is 0 Å². The third kappa shape index (κ3) is 16.4. The quantitative estimate of drug-likeness (QED) is 0.0824. The fraction of sp³-hybridized carbons (Fsp3) is 0.250. The molecule has 4 aromatic heterocycles. The molecule has 0 saturated carbocycles. The van der Waals surface area contributed by atoms with Crippen molar-refractivity contribution >= 4 is 0 Å². The molecule has 0 aliphatic carbocycles. The lowest BCUT2D eigenvalue weighted by Gasteiger charge is -2.16. The number of aliphatic hydroxyl groups excluding tert-OH is 1. The lowest BCUT2D eigenvalue weighted by molar-refractivity contribution is 0.199. The van der Waals surface area contributed by atoms with Gasteiger partial charge in [-0.3, -0.25) is 9.59 Å². The zero-order chi connectivity index (χ0) is 52.1. The van der Waals surface area contributed by atoms with Crippen LogP contribution in [-0.4, -0.2) is 109 Å². The van der Waals surface area contributed by atoms with Gasteiger partial charge >= 0.3 is 0 Å². The average molecular weight is 979 g/mol. The number of aliphatic hydroxyl groups is 1. The van der Waals surface area contributed by atoms with E-state index in [1.165, 1.54) is 16.8 Å². The van der Waals surface area contributed by atoms with E-state index in [9.17, 15) is 20.0 Å². The number of nitrogens with zero attached hydrogens (tertiary/aromatic N) is 11. The van der Waals surface area contributed by atoms with Crippen LogP contribution >= 0.6 is 0 Å². The average Bonchev–Trinajstić information content (AvgIpc) is 3.42. The number of benzene rings is 4. The molecule has 4 aromatic carbocycles. The lowest BCUT2D eigenvalue weighted by Crippen LogP contribution is -2.26. The van der Waals surface area contributed by atoms with Gasteiger partial charge in [0.05, 0.1) is 84.8 Å². The third-order valence-electron chi connectivity index (χ3n) is 11.0. The lowest BCUT2D eigenvalue weighted by atomic mass is 10.0. The van der Waals surface area contributed by atoms with Crippen LogP contribution < -0.4 is 20.6 Å². The van der Waals surface area contributed by atoms with E-state index in [1.54, 1.807) is 80.2 Å². The zero-order valence-electron chi connectivity index (χ0n) is 41.8. The Morgan fingerprint density at radius 2 is 1.07 bits per heavy atom. The summed E-state index contributed by atoms with van der Waals surface area (Å²) in [5.74, 6) is 2.51. The van der Waals surface area contributed by atoms with E-state index < -0.39 is 6.10 Å². The molecular formula is C56H58N12O5. The highest BCUT2D eigenvalue weighted by atomic mass is 16.5. The second kappa shape index (κ2) is 27.0. The van der Waals surface area contributed by atoms with Crippen LogP contribution in [0.4, 0.5) is 0 Å². The minimum absolute atomic E-state index is 0.208. The van der Waals surface area contributed by atoms with E-state index in [2.05, 4.69) is 51.1 Å². The molecule has 8 aromatic rings. The van der Waals surface area contributed by atoms with Gasteiger partial charge in [-0.15, -0.1) is 0 Å². The smallest absolute Gasteiger partial charge is 0.267 e. The summed E-state index contributed by atoms with van der Waals surface area (Å²) in [6, 6.07) is 39.7. The molecule has 2 N–H and O–H groups in total. The summed E-state index contributed by atoms with van der Waals surface area (Å²) in [7, 11) is 8.15. The van der Waals surface area contributed by atoms with Gasteiger partial charge in [0.15, 0.2) is 23.1 Å². The van der Waals surface area contributed by atoms with Crippen LogP contribution in [0.25, 0.3) is 45.3 Å². The van der Waals surface area contributed by atoms with Crippen molar-refractivity contribution in [3.05, 3.63) is 189 Å². The van der Waals surface area contributed by atoms with Crippen molar-refractivity contribution in [1.82, 2.24) is 49.7 Å². The first-order chi connectivity index (χ1) is 35.3. The summed E-state index contributed by atoms with van der Waals surface area (Å²) >= 11 is 0. The predicted molar refractivity (Wildman–Crippen MR) is 280 cm³/mol. The van der Waals surface area contributed by atoms with Crippen LogP contribution in [0.15, 0.2) is 156 Å². The monoisotopic (exact) mass is 978 g/mol. The molecule has 0 spiro atoms. The van der Waals surface area contributed by atoms with E-state index in [-0.39, 0.29) is 17.2 Å². The van der Waals surface area contributed by atoms with Crippen molar-refractivity contribution in [3.8, 4) is 68.9 Å². The van der Waals surface area contributed by atoms with Gasteiger partial charge in [0, 0.05) is 47.5 Å². The maximum Gasteiger partial charge on any atom is 0.267 e. The van der Waals surface area contributed by atoms with Crippen molar-refractivity contribution in [2.75, 3.05) is 54.5 Å². The molecule has 8 rings (SSSR count). The number of hydrogen-bond acceptors (Lipinski definition) is 15. The van der Waals surface area contributed by atoms with Gasteiger partial charge in [0.2, 0.25) is 0 Å². The molecule has 0 aliphatic heterocycles. The van der Waals surface area contributed by atoms with Crippen LogP contribution in [0, 0.1) is 22.7 Å². The highest BCUT2D eigenvalue weighted by Crippen LogP contribution is 2.25. The Morgan fingerprint density at radius 3 is 1.55 bits per heavy atom. The molecule has 17 nitrogen and oxygen atoms in total. The molecule has 0 radical (unpaired) electrons. The van der Waals surface area contributed by atoms with Gasteiger partial charge in [-0.25, -0.2) is 29.7 Å². The maximum atomic E-state index is 12.7. The highest BCUT2D eigenvalue weighted by Gasteiger charge is 2.15. The Morgan fingerprint density at radius 1 is 0.603 bits per heavy atom. The van der Waals surface area contributed by atoms with Gasteiger partial charge < -0.3 is 24.4 Å². The number of nitriles is 2. The molecule has 17 heteroatoms. The fourth-order valence-electron chi connectivity index (χ4n) is 7.10. The maximum absolute atomic E-state index is 12.7. The molecular weight excluding hydrogens is 921 g/mol. The molecule has 372 valence electrons. The first-order valence-corrected chi connectivity index (χ1v) is 23.5.